The molecule has 0 amide bonds. The van der Waals surface area contributed by atoms with Crippen LogP contribution in [0, 0.1) is 0 Å². The van der Waals surface area contributed by atoms with Crippen molar-refractivity contribution in [2.75, 3.05) is 13.2 Å². The first-order valence-corrected chi connectivity index (χ1v) is 12.9. The summed E-state index contributed by atoms with van der Waals surface area (Å²) in [7, 11) is -4.64. The van der Waals surface area contributed by atoms with Crippen molar-refractivity contribution >= 4 is 7.82 Å². The van der Waals surface area contributed by atoms with Crippen LogP contribution in [-0.4, -0.2) is 40.1 Å². The molecule has 2 atom stereocenters. The van der Waals surface area contributed by atoms with Gasteiger partial charge in [-0.1, -0.05) is 96.8 Å². The molecule has 170 valence electrons. The van der Waals surface area contributed by atoms with Crippen LogP contribution in [-0.2, 0) is 14.0 Å². The Balaban J connectivity index is 0.000000662. The number of hydrogen-bond donors (Lipinski definition) is 3. The molecule has 2 rings (SSSR count). The van der Waals surface area contributed by atoms with Gasteiger partial charge in [0.15, 0.2) is 0 Å². The average Bonchev–Trinajstić information content (AvgIpc) is 3.52. The van der Waals surface area contributed by atoms with Gasteiger partial charge in [0, 0.05) is 0 Å². The van der Waals surface area contributed by atoms with E-state index in [4.69, 9.17) is 28.7 Å². The van der Waals surface area contributed by atoms with Gasteiger partial charge in [0.1, 0.15) is 0 Å². The number of unbranched alkanes of at least 4 members (excludes halogenated alkanes) is 13. The van der Waals surface area contributed by atoms with Crippen LogP contribution in [0.25, 0.3) is 0 Å². The second-order valence-electron chi connectivity index (χ2n) is 8.00. The zero-order valence-electron chi connectivity index (χ0n) is 18.2. The highest BCUT2D eigenvalue weighted by atomic mass is 31.2. The van der Waals surface area contributed by atoms with E-state index in [9.17, 15) is 0 Å². The smallest absolute Gasteiger partial charge is 0.373 e. The summed E-state index contributed by atoms with van der Waals surface area (Å²) in [5, 5.41) is 0. The van der Waals surface area contributed by atoms with E-state index in [0.717, 1.165) is 13.2 Å². The molecule has 6 nitrogen and oxygen atoms in total. The van der Waals surface area contributed by atoms with Crippen LogP contribution < -0.4 is 0 Å². The fourth-order valence-corrected chi connectivity index (χ4v) is 2.90. The molecule has 2 heterocycles. The third kappa shape index (κ3) is 33.6. The summed E-state index contributed by atoms with van der Waals surface area (Å²) < 4.78 is 18.8. The van der Waals surface area contributed by atoms with Gasteiger partial charge in [0.05, 0.1) is 25.4 Å². The number of phosphoric acid groups is 1. The van der Waals surface area contributed by atoms with E-state index in [0.29, 0.717) is 12.2 Å². The minimum Gasteiger partial charge on any atom is -0.373 e. The van der Waals surface area contributed by atoms with Crippen LogP contribution in [0.3, 0.4) is 0 Å². The molecule has 0 radical (unpaired) electrons. The molecule has 2 saturated heterocycles. The van der Waals surface area contributed by atoms with E-state index in [2.05, 4.69) is 13.8 Å². The Morgan fingerprint density at radius 3 is 1.25 bits per heavy atom. The maximum Gasteiger partial charge on any atom is 0.466 e. The van der Waals surface area contributed by atoms with Crippen molar-refractivity contribution < 1.29 is 28.7 Å². The molecule has 0 aromatic heterocycles. The monoisotopic (exact) mass is 424 g/mol. The van der Waals surface area contributed by atoms with Crippen molar-refractivity contribution in [1.82, 2.24) is 0 Å². The molecule has 0 spiro atoms. The number of rotatable bonds is 15. The lowest BCUT2D eigenvalue weighted by Crippen LogP contribution is -1.86. The molecule has 2 unspecified atom stereocenters. The SMILES string of the molecule is CC1CO1.CCCCCCCCCCCCCCCCC1CO1.O=P(O)(O)O. The lowest BCUT2D eigenvalue weighted by atomic mass is 10.0. The zero-order valence-corrected chi connectivity index (χ0v) is 19.1. The van der Waals surface area contributed by atoms with Gasteiger partial charge in [0.25, 0.3) is 0 Å². The maximum absolute atomic E-state index is 8.88. The summed E-state index contributed by atoms with van der Waals surface area (Å²) in [5.74, 6) is 0. The van der Waals surface area contributed by atoms with Crippen LogP contribution in [0.5, 0.6) is 0 Å². The highest BCUT2D eigenvalue weighted by Gasteiger charge is 2.20. The summed E-state index contributed by atoms with van der Waals surface area (Å²) >= 11 is 0. The first-order chi connectivity index (χ1) is 13.3. The highest BCUT2D eigenvalue weighted by Crippen LogP contribution is 2.25. The van der Waals surface area contributed by atoms with Crippen LogP contribution in [0.1, 0.15) is 110 Å². The molecule has 0 saturated carbocycles. The molecule has 28 heavy (non-hydrogen) atoms. The first-order valence-electron chi connectivity index (χ1n) is 11.3. The van der Waals surface area contributed by atoms with Crippen molar-refractivity contribution in [3.8, 4) is 0 Å². The van der Waals surface area contributed by atoms with Crippen LogP contribution in [0.4, 0.5) is 0 Å². The lowest BCUT2D eigenvalue weighted by Gasteiger charge is -2.03. The molecule has 0 bridgehead atoms. The van der Waals surface area contributed by atoms with E-state index < -0.39 is 7.82 Å². The second kappa shape index (κ2) is 19.0. The highest BCUT2D eigenvalue weighted by molar-refractivity contribution is 7.45. The second-order valence-corrected chi connectivity index (χ2v) is 9.02. The Kier molecular flexibility index (Phi) is 19.0. The first kappa shape index (κ1) is 28.0. The minimum atomic E-state index is -4.64. The third-order valence-electron chi connectivity index (χ3n) is 4.78. The van der Waals surface area contributed by atoms with Gasteiger partial charge >= 0.3 is 7.82 Å². The third-order valence-corrected chi connectivity index (χ3v) is 4.78. The van der Waals surface area contributed by atoms with Crippen molar-refractivity contribution in [2.24, 2.45) is 0 Å². The summed E-state index contributed by atoms with van der Waals surface area (Å²) in [4.78, 5) is 21.6. The fourth-order valence-electron chi connectivity index (χ4n) is 2.90. The predicted octanol–water partition coefficient (Wildman–Crippen LogP) is 5.73. The van der Waals surface area contributed by atoms with Crippen LogP contribution in [0.15, 0.2) is 0 Å². The van der Waals surface area contributed by atoms with E-state index in [-0.39, 0.29) is 0 Å². The van der Waals surface area contributed by atoms with Gasteiger partial charge in [-0.15, -0.1) is 0 Å². The molecule has 0 aromatic rings. The largest absolute Gasteiger partial charge is 0.466 e. The quantitative estimate of drug-likeness (QED) is 0.176. The molecule has 2 fully saturated rings. The van der Waals surface area contributed by atoms with Crippen molar-refractivity contribution in [3.05, 3.63) is 0 Å². The number of ether oxygens (including phenoxy) is 2. The topological polar surface area (TPSA) is 103 Å². The van der Waals surface area contributed by atoms with Crippen molar-refractivity contribution in [3.63, 3.8) is 0 Å². The van der Waals surface area contributed by atoms with Crippen molar-refractivity contribution in [2.45, 2.75) is 122 Å². The summed E-state index contributed by atoms with van der Waals surface area (Å²) in [5.41, 5.74) is 0. The van der Waals surface area contributed by atoms with E-state index in [1.54, 1.807) is 0 Å². The Labute approximate surface area is 172 Å². The van der Waals surface area contributed by atoms with Gasteiger partial charge in [-0.3, -0.25) is 0 Å². The molecule has 3 N–H and O–H groups in total. The van der Waals surface area contributed by atoms with Crippen LogP contribution >= 0.6 is 7.82 Å². The van der Waals surface area contributed by atoms with Gasteiger partial charge in [0.2, 0.25) is 0 Å². The van der Waals surface area contributed by atoms with E-state index in [1.807, 2.05) is 0 Å². The van der Waals surface area contributed by atoms with Gasteiger partial charge < -0.3 is 24.2 Å². The number of hydrogen-bond acceptors (Lipinski definition) is 3. The van der Waals surface area contributed by atoms with Crippen LogP contribution in [0.2, 0.25) is 0 Å². The molecular weight excluding hydrogens is 379 g/mol. The summed E-state index contributed by atoms with van der Waals surface area (Å²) in [6.45, 7) is 6.37. The number of epoxide rings is 2. The Morgan fingerprint density at radius 1 is 0.714 bits per heavy atom. The average molecular weight is 425 g/mol. The Morgan fingerprint density at radius 2 is 1.00 bits per heavy atom. The molecule has 0 aromatic carbocycles. The molecule has 7 heteroatoms. The fraction of sp³-hybridized carbons (Fsp3) is 1.00. The van der Waals surface area contributed by atoms with E-state index >= 15 is 0 Å². The normalized spacial score (nSPS) is 19.9. The Hall–Kier alpha value is 0.0300. The maximum atomic E-state index is 8.88. The van der Waals surface area contributed by atoms with Crippen molar-refractivity contribution in [1.29, 1.82) is 0 Å². The van der Waals surface area contributed by atoms with Gasteiger partial charge in [-0.05, 0) is 13.3 Å². The lowest BCUT2D eigenvalue weighted by molar-refractivity contribution is 0.275. The summed E-state index contributed by atoms with van der Waals surface area (Å²) in [6, 6.07) is 0. The minimum absolute atomic E-state index is 0.583. The van der Waals surface area contributed by atoms with Gasteiger partial charge in [-0.2, -0.15) is 0 Å². The standard InChI is InChI=1S/C18H36O.C3H6O.H3O4P/c1-2-3-4-5-6-7-8-9-10-11-12-13-14-15-16-18-17-19-18;1-3-2-4-3;1-5(2,3)4/h18H,2-17H2,1H3;3H,2H2,1H3;(H3,1,2,3,4). The Bertz CT molecular complexity index is 358. The molecule has 2 aliphatic heterocycles. The predicted molar refractivity (Wildman–Crippen MR) is 114 cm³/mol. The summed E-state index contributed by atoms with van der Waals surface area (Å²) in [6.07, 6.45) is 22.9. The molecule has 2 aliphatic rings. The van der Waals surface area contributed by atoms with Gasteiger partial charge in [-0.25, -0.2) is 4.57 Å². The molecule has 0 aliphatic carbocycles. The zero-order chi connectivity index (χ0) is 21.1. The molecular formula is C21H45O6P. The van der Waals surface area contributed by atoms with E-state index in [1.165, 1.54) is 96.3 Å².